The summed E-state index contributed by atoms with van der Waals surface area (Å²) in [5.74, 6) is -0.139. The van der Waals surface area contributed by atoms with Crippen molar-refractivity contribution in [3.05, 3.63) is 33.7 Å². The highest BCUT2D eigenvalue weighted by Gasteiger charge is 2.23. The summed E-state index contributed by atoms with van der Waals surface area (Å²) in [6.45, 7) is 7.54. The summed E-state index contributed by atoms with van der Waals surface area (Å²) in [6.07, 6.45) is 1.97. The number of H-pyrrole nitrogens is 1. The third kappa shape index (κ3) is 4.87. The Morgan fingerprint density at radius 2 is 2.16 bits per heavy atom. The van der Waals surface area contributed by atoms with Crippen LogP contribution in [0.25, 0.3) is 0 Å². The number of hydrogen-bond acceptors (Lipinski definition) is 3. The SMILES string of the molecule is Cc1cc(=O)c(C(=O)NCC(C)(O)CC(C)C)c[nH]1. The van der Waals surface area contributed by atoms with E-state index in [1.165, 1.54) is 12.3 Å². The van der Waals surface area contributed by atoms with Crippen LogP contribution in [0, 0.1) is 12.8 Å². The summed E-state index contributed by atoms with van der Waals surface area (Å²) in [5, 5.41) is 12.7. The molecule has 3 N–H and O–H groups in total. The number of pyridine rings is 1. The lowest BCUT2D eigenvalue weighted by molar-refractivity contribution is 0.0368. The van der Waals surface area contributed by atoms with E-state index in [2.05, 4.69) is 10.3 Å². The number of carbonyl (C=O) groups is 1. The van der Waals surface area contributed by atoms with Gasteiger partial charge in [-0.2, -0.15) is 0 Å². The summed E-state index contributed by atoms with van der Waals surface area (Å²) in [4.78, 5) is 26.3. The molecule has 5 nitrogen and oxygen atoms in total. The smallest absolute Gasteiger partial charge is 0.256 e. The maximum absolute atomic E-state index is 11.9. The van der Waals surface area contributed by atoms with Crippen molar-refractivity contribution >= 4 is 5.91 Å². The van der Waals surface area contributed by atoms with Gasteiger partial charge in [-0.25, -0.2) is 0 Å². The third-order valence-electron chi connectivity index (χ3n) is 2.78. The molecule has 0 saturated carbocycles. The molecule has 0 saturated heterocycles. The Labute approximate surface area is 113 Å². The van der Waals surface area contributed by atoms with E-state index in [0.717, 1.165) is 0 Å². The lowest BCUT2D eigenvalue weighted by atomic mass is 9.94. The Hall–Kier alpha value is -1.62. The Kier molecular flexibility index (Phi) is 4.89. The molecule has 1 aromatic heterocycles. The van der Waals surface area contributed by atoms with Gasteiger partial charge in [0.2, 0.25) is 0 Å². The summed E-state index contributed by atoms with van der Waals surface area (Å²) in [5.41, 5.74) is -0.530. The number of carbonyl (C=O) groups excluding carboxylic acids is 1. The summed E-state index contributed by atoms with van der Waals surface area (Å²) in [7, 11) is 0. The van der Waals surface area contributed by atoms with Gasteiger partial charge in [-0.15, -0.1) is 0 Å². The fourth-order valence-corrected chi connectivity index (χ4v) is 2.07. The number of nitrogens with one attached hydrogen (secondary N) is 2. The number of aryl methyl sites for hydroxylation is 1. The van der Waals surface area contributed by atoms with Crippen LogP contribution in [0.4, 0.5) is 0 Å². The number of aliphatic hydroxyl groups is 1. The normalized spacial score (nSPS) is 14.2. The number of rotatable bonds is 5. The van der Waals surface area contributed by atoms with E-state index in [0.29, 0.717) is 18.0 Å². The second kappa shape index (κ2) is 6.02. The molecular formula is C14H22N2O3. The van der Waals surface area contributed by atoms with Crippen LogP contribution in [0.1, 0.15) is 43.2 Å². The fourth-order valence-electron chi connectivity index (χ4n) is 2.07. The molecular weight excluding hydrogens is 244 g/mol. The maximum atomic E-state index is 11.9. The van der Waals surface area contributed by atoms with Gasteiger partial charge in [-0.1, -0.05) is 13.8 Å². The van der Waals surface area contributed by atoms with Crippen molar-refractivity contribution in [2.24, 2.45) is 5.92 Å². The Bertz CT molecular complexity index is 504. The molecule has 1 aromatic rings. The molecule has 0 aromatic carbocycles. The first kappa shape index (κ1) is 15.4. The summed E-state index contributed by atoms with van der Waals surface area (Å²) >= 11 is 0. The lowest BCUT2D eigenvalue weighted by Gasteiger charge is -2.25. The second-order valence-electron chi connectivity index (χ2n) is 5.67. The number of aromatic nitrogens is 1. The zero-order valence-corrected chi connectivity index (χ0v) is 11.9. The predicted molar refractivity (Wildman–Crippen MR) is 74.2 cm³/mol. The standard InChI is InChI=1S/C14H22N2O3/c1-9(2)6-14(4,19)8-16-13(18)11-7-15-10(3)5-12(11)17/h5,7,9,19H,6,8H2,1-4H3,(H,15,17)(H,16,18). The molecule has 0 bridgehead atoms. The maximum Gasteiger partial charge on any atom is 0.256 e. The van der Waals surface area contributed by atoms with E-state index in [-0.39, 0.29) is 17.5 Å². The van der Waals surface area contributed by atoms with Crippen molar-refractivity contribution in [1.82, 2.24) is 10.3 Å². The Morgan fingerprint density at radius 1 is 1.53 bits per heavy atom. The van der Waals surface area contributed by atoms with Crippen LogP contribution in [0.15, 0.2) is 17.1 Å². The molecule has 0 radical (unpaired) electrons. The molecule has 1 heterocycles. The largest absolute Gasteiger partial charge is 0.388 e. The van der Waals surface area contributed by atoms with Crippen LogP contribution < -0.4 is 10.7 Å². The molecule has 0 spiro atoms. The Morgan fingerprint density at radius 3 is 2.68 bits per heavy atom. The number of hydrogen-bond donors (Lipinski definition) is 3. The molecule has 1 amide bonds. The van der Waals surface area contributed by atoms with Gasteiger partial charge < -0.3 is 15.4 Å². The van der Waals surface area contributed by atoms with Crippen LogP contribution in [0.3, 0.4) is 0 Å². The van der Waals surface area contributed by atoms with Crippen molar-refractivity contribution in [3.8, 4) is 0 Å². The van der Waals surface area contributed by atoms with Crippen molar-refractivity contribution in [1.29, 1.82) is 0 Å². The first-order chi connectivity index (χ1) is 8.71. The van der Waals surface area contributed by atoms with E-state index < -0.39 is 11.5 Å². The van der Waals surface area contributed by atoms with Gasteiger partial charge in [-0.05, 0) is 26.2 Å². The highest BCUT2D eigenvalue weighted by Crippen LogP contribution is 2.15. The van der Waals surface area contributed by atoms with Crippen molar-refractivity contribution < 1.29 is 9.90 Å². The molecule has 0 aliphatic carbocycles. The minimum absolute atomic E-state index is 0.0611. The van der Waals surface area contributed by atoms with Crippen LogP contribution in [-0.4, -0.2) is 28.1 Å². The molecule has 19 heavy (non-hydrogen) atoms. The zero-order valence-electron chi connectivity index (χ0n) is 11.9. The number of aromatic amines is 1. The lowest BCUT2D eigenvalue weighted by Crippen LogP contribution is -2.42. The van der Waals surface area contributed by atoms with E-state index in [9.17, 15) is 14.7 Å². The third-order valence-corrected chi connectivity index (χ3v) is 2.78. The van der Waals surface area contributed by atoms with E-state index in [4.69, 9.17) is 0 Å². The van der Waals surface area contributed by atoms with Crippen LogP contribution >= 0.6 is 0 Å². The molecule has 0 fully saturated rings. The molecule has 1 unspecified atom stereocenters. The summed E-state index contributed by atoms with van der Waals surface area (Å²) < 4.78 is 0. The molecule has 106 valence electrons. The zero-order chi connectivity index (χ0) is 14.6. The van der Waals surface area contributed by atoms with Crippen LogP contribution in [0.2, 0.25) is 0 Å². The molecule has 0 aliphatic rings. The van der Waals surface area contributed by atoms with Crippen molar-refractivity contribution in [2.75, 3.05) is 6.54 Å². The van der Waals surface area contributed by atoms with Crippen molar-refractivity contribution in [2.45, 2.75) is 39.7 Å². The van der Waals surface area contributed by atoms with Gasteiger partial charge in [0.25, 0.3) is 5.91 Å². The number of amides is 1. The predicted octanol–water partition coefficient (Wildman–Crippen LogP) is 1.21. The second-order valence-corrected chi connectivity index (χ2v) is 5.67. The average Bonchev–Trinajstić information content (AvgIpc) is 2.24. The molecule has 1 rings (SSSR count). The topological polar surface area (TPSA) is 82.2 Å². The van der Waals surface area contributed by atoms with Gasteiger partial charge in [0.15, 0.2) is 5.43 Å². The highest BCUT2D eigenvalue weighted by atomic mass is 16.3. The van der Waals surface area contributed by atoms with Gasteiger partial charge >= 0.3 is 0 Å². The Balaban J connectivity index is 2.68. The quantitative estimate of drug-likeness (QED) is 0.749. The monoisotopic (exact) mass is 266 g/mol. The molecule has 1 atom stereocenters. The van der Waals surface area contributed by atoms with Crippen LogP contribution in [0.5, 0.6) is 0 Å². The van der Waals surface area contributed by atoms with Gasteiger partial charge in [0.05, 0.1) is 5.60 Å². The average molecular weight is 266 g/mol. The molecule has 5 heteroatoms. The van der Waals surface area contributed by atoms with Gasteiger partial charge in [-0.3, -0.25) is 9.59 Å². The van der Waals surface area contributed by atoms with E-state index in [1.807, 2.05) is 13.8 Å². The first-order valence-corrected chi connectivity index (χ1v) is 6.41. The van der Waals surface area contributed by atoms with Gasteiger partial charge in [0, 0.05) is 24.5 Å². The fraction of sp³-hybridized carbons (Fsp3) is 0.571. The molecule has 0 aliphatic heterocycles. The van der Waals surface area contributed by atoms with E-state index in [1.54, 1.807) is 13.8 Å². The summed E-state index contributed by atoms with van der Waals surface area (Å²) in [6, 6.07) is 1.38. The first-order valence-electron chi connectivity index (χ1n) is 6.41. The highest BCUT2D eigenvalue weighted by molar-refractivity contribution is 5.93. The van der Waals surface area contributed by atoms with Crippen molar-refractivity contribution in [3.63, 3.8) is 0 Å². The van der Waals surface area contributed by atoms with Gasteiger partial charge in [0.1, 0.15) is 5.56 Å². The van der Waals surface area contributed by atoms with E-state index >= 15 is 0 Å². The minimum atomic E-state index is -0.971. The minimum Gasteiger partial charge on any atom is -0.388 e. The van der Waals surface area contributed by atoms with Crippen LogP contribution in [-0.2, 0) is 0 Å².